The van der Waals surface area contributed by atoms with Gasteiger partial charge in [-0.1, -0.05) is 11.6 Å². The highest BCUT2D eigenvalue weighted by atomic mass is 35.5. The number of rotatable bonds is 6. The lowest BCUT2D eigenvalue weighted by atomic mass is 10.2. The maximum absolute atomic E-state index is 12.5. The SMILES string of the molecule is COc1ccc2c(ccn2CC(=O)Nc2ccc(Cl)c(C(=O)NC3CC3)c2)c1. The van der Waals surface area contributed by atoms with Crippen LogP contribution in [0.1, 0.15) is 23.2 Å². The Bertz CT molecular complexity index is 1060. The highest BCUT2D eigenvalue weighted by molar-refractivity contribution is 6.34. The number of benzene rings is 2. The molecule has 1 heterocycles. The van der Waals surface area contributed by atoms with Crippen LogP contribution in [0.5, 0.6) is 5.75 Å². The molecule has 28 heavy (non-hydrogen) atoms. The number of nitrogens with zero attached hydrogens (tertiary/aromatic N) is 1. The number of carbonyl (C=O) groups is 2. The van der Waals surface area contributed by atoms with Gasteiger partial charge < -0.3 is 19.9 Å². The number of fused-ring (bicyclic) bond motifs is 1. The van der Waals surface area contributed by atoms with Crippen LogP contribution in [0, 0.1) is 0 Å². The molecule has 7 heteroatoms. The Balaban J connectivity index is 1.47. The molecule has 0 aliphatic heterocycles. The summed E-state index contributed by atoms with van der Waals surface area (Å²) in [6.07, 6.45) is 3.85. The first-order valence-corrected chi connectivity index (χ1v) is 9.44. The quantitative estimate of drug-likeness (QED) is 0.663. The minimum absolute atomic E-state index is 0.155. The molecule has 2 N–H and O–H groups in total. The number of methoxy groups -OCH3 is 1. The topological polar surface area (TPSA) is 72.4 Å². The van der Waals surface area contributed by atoms with Gasteiger partial charge in [0.05, 0.1) is 17.7 Å². The average Bonchev–Trinajstić information content (AvgIpc) is 3.42. The van der Waals surface area contributed by atoms with Gasteiger partial charge in [0.15, 0.2) is 0 Å². The number of anilines is 1. The molecule has 4 rings (SSSR count). The van der Waals surface area contributed by atoms with Crippen LogP contribution in [-0.4, -0.2) is 29.5 Å². The molecule has 3 aromatic rings. The van der Waals surface area contributed by atoms with E-state index in [9.17, 15) is 9.59 Å². The Labute approximate surface area is 167 Å². The fourth-order valence-corrected chi connectivity index (χ4v) is 3.27. The minimum Gasteiger partial charge on any atom is -0.497 e. The van der Waals surface area contributed by atoms with Crippen molar-refractivity contribution in [3.05, 3.63) is 59.2 Å². The van der Waals surface area contributed by atoms with E-state index in [0.717, 1.165) is 29.5 Å². The first kappa shape index (κ1) is 18.4. The monoisotopic (exact) mass is 397 g/mol. The van der Waals surface area contributed by atoms with E-state index in [0.29, 0.717) is 16.3 Å². The zero-order chi connectivity index (χ0) is 19.7. The molecule has 1 saturated carbocycles. The van der Waals surface area contributed by atoms with Gasteiger partial charge in [-0.05, 0) is 55.3 Å². The van der Waals surface area contributed by atoms with Crippen molar-refractivity contribution in [3.63, 3.8) is 0 Å². The summed E-state index contributed by atoms with van der Waals surface area (Å²) >= 11 is 6.15. The summed E-state index contributed by atoms with van der Waals surface area (Å²) in [6.45, 7) is 0.155. The van der Waals surface area contributed by atoms with Crippen molar-refractivity contribution in [2.45, 2.75) is 25.4 Å². The molecule has 1 aromatic heterocycles. The van der Waals surface area contributed by atoms with E-state index < -0.39 is 0 Å². The largest absolute Gasteiger partial charge is 0.497 e. The molecule has 1 fully saturated rings. The number of carbonyl (C=O) groups excluding carboxylic acids is 2. The number of halogens is 1. The van der Waals surface area contributed by atoms with Crippen molar-refractivity contribution in [2.24, 2.45) is 0 Å². The molecule has 0 radical (unpaired) electrons. The van der Waals surface area contributed by atoms with Crippen molar-refractivity contribution in [1.29, 1.82) is 0 Å². The van der Waals surface area contributed by atoms with E-state index in [1.807, 2.05) is 35.0 Å². The van der Waals surface area contributed by atoms with Crippen molar-refractivity contribution in [1.82, 2.24) is 9.88 Å². The van der Waals surface area contributed by atoms with E-state index in [1.165, 1.54) is 0 Å². The molecular formula is C21H20ClN3O3. The van der Waals surface area contributed by atoms with Gasteiger partial charge in [0.1, 0.15) is 12.3 Å². The molecular weight excluding hydrogens is 378 g/mol. The zero-order valence-corrected chi connectivity index (χ0v) is 16.1. The summed E-state index contributed by atoms with van der Waals surface area (Å²) in [7, 11) is 1.62. The standard InChI is InChI=1S/C21H20ClN3O3/c1-28-16-5-7-19-13(10-16)8-9-25(19)12-20(26)23-15-4-6-18(22)17(11-15)21(27)24-14-2-3-14/h4-11,14H,2-3,12H2,1H3,(H,23,26)(H,24,27). The predicted octanol–water partition coefficient (Wildman–Crippen LogP) is 3.83. The van der Waals surface area contributed by atoms with E-state index in [2.05, 4.69) is 10.6 Å². The molecule has 1 aliphatic carbocycles. The maximum atomic E-state index is 12.5. The molecule has 2 amide bonds. The van der Waals surface area contributed by atoms with Gasteiger partial charge >= 0.3 is 0 Å². The number of hydrogen-bond acceptors (Lipinski definition) is 3. The molecule has 6 nitrogen and oxygen atoms in total. The Morgan fingerprint density at radius 2 is 2.00 bits per heavy atom. The number of amides is 2. The van der Waals surface area contributed by atoms with Gasteiger partial charge in [0, 0.05) is 28.8 Å². The second-order valence-corrected chi connectivity index (χ2v) is 7.27. The van der Waals surface area contributed by atoms with Gasteiger partial charge in [-0.3, -0.25) is 9.59 Å². The van der Waals surface area contributed by atoms with E-state index in [1.54, 1.807) is 25.3 Å². The van der Waals surface area contributed by atoms with Gasteiger partial charge in [0.25, 0.3) is 5.91 Å². The number of hydrogen-bond donors (Lipinski definition) is 2. The van der Waals surface area contributed by atoms with Gasteiger partial charge in [-0.25, -0.2) is 0 Å². The first-order chi connectivity index (χ1) is 13.5. The summed E-state index contributed by atoms with van der Waals surface area (Å²) in [4.78, 5) is 24.8. The lowest BCUT2D eigenvalue weighted by Gasteiger charge is -2.11. The summed E-state index contributed by atoms with van der Waals surface area (Å²) < 4.78 is 7.09. The fraction of sp³-hybridized carbons (Fsp3) is 0.238. The summed E-state index contributed by atoms with van der Waals surface area (Å²) in [5.41, 5.74) is 1.84. The Hall–Kier alpha value is -2.99. The first-order valence-electron chi connectivity index (χ1n) is 9.06. The Morgan fingerprint density at radius 1 is 1.18 bits per heavy atom. The second-order valence-electron chi connectivity index (χ2n) is 6.86. The third kappa shape index (κ3) is 3.97. The second kappa shape index (κ2) is 7.56. The number of ether oxygens (including phenoxy) is 1. The van der Waals surface area contributed by atoms with Crippen molar-refractivity contribution >= 4 is 40.0 Å². The third-order valence-electron chi connectivity index (χ3n) is 4.70. The van der Waals surface area contributed by atoms with Gasteiger partial charge in [-0.2, -0.15) is 0 Å². The predicted molar refractivity (Wildman–Crippen MR) is 109 cm³/mol. The van der Waals surface area contributed by atoms with Gasteiger partial charge in [0.2, 0.25) is 5.91 Å². The van der Waals surface area contributed by atoms with E-state index in [-0.39, 0.29) is 24.4 Å². The van der Waals surface area contributed by atoms with Crippen LogP contribution in [0.2, 0.25) is 5.02 Å². The maximum Gasteiger partial charge on any atom is 0.253 e. The lowest BCUT2D eigenvalue weighted by Crippen LogP contribution is -2.26. The van der Waals surface area contributed by atoms with Crippen molar-refractivity contribution in [3.8, 4) is 5.75 Å². The summed E-state index contributed by atoms with van der Waals surface area (Å²) in [6, 6.07) is 12.8. The average molecular weight is 398 g/mol. The molecule has 2 aromatic carbocycles. The molecule has 0 bridgehead atoms. The normalized spacial score (nSPS) is 13.4. The molecule has 0 unspecified atom stereocenters. The van der Waals surface area contributed by atoms with Crippen molar-refractivity contribution in [2.75, 3.05) is 12.4 Å². The Morgan fingerprint density at radius 3 is 2.75 bits per heavy atom. The zero-order valence-electron chi connectivity index (χ0n) is 15.4. The van der Waals surface area contributed by atoms with Crippen LogP contribution in [-0.2, 0) is 11.3 Å². The van der Waals surface area contributed by atoms with Crippen LogP contribution in [0.3, 0.4) is 0 Å². The lowest BCUT2D eigenvalue weighted by molar-refractivity contribution is -0.116. The fourth-order valence-electron chi connectivity index (χ4n) is 3.07. The van der Waals surface area contributed by atoms with Gasteiger partial charge in [-0.15, -0.1) is 0 Å². The van der Waals surface area contributed by atoms with Crippen LogP contribution >= 0.6 is 11.6 Å². The highest BCUT2D eigenvalue weighted by Gasteiger charge is 2.25. The molecule has 0 atom stereocenters. The summed E-state index contributed by atoms with van der Waals surface area (Å²) in [5.74, 6) is 0.367. The minimum atomic E-state index is -0.214. The Kier molecular flexibility index (Phi) is 4.96. The molecule has 0 saturated heterocycles. The number of aromatic nitrogens is 1. The summed E-state index contributed by atoms with van der Waals surface area (Å²) in [5, 5.41) is 7.10. The molecule has 1 aliphatic rings. The molecule has 144 valence electrons. The van der Waals surface area contributed by atoms with E-state index >= 15 is 0 Å². The third-order valence-corrected chi connectivity index (χ3v) is 5.03. The van der Waals surface area contributed by atoms with Crippen LogP contribution in [0.15, 0.2) is 48.7 Å². The van der Waals surface area contributed by atoms with Crippen LogP contribution in [0.4, 0.5) is 5.69 Å². The highest BCUT2D eigenvalue weighted by Crippen LogP contribution is 2.25. The van der Waals surface area contributed by atoms with Crippen molar-refractivity contribution < 1.29 is 14.3 Å². The van der Waals surface area contributed by atoms with Crippen LogP contribution < -0.4 is 15.4 Å². The van der Waals surface area contributed by atoms with E-state index in [4.69, 9.17) is 16.3 Å². The smallest absolute Gasteiger partial charge is 0.253 e. The molecule has 0 spiro atoms. The van der Waals surface area contributed by atoms with Crippen LogP contribution in [0.25, 0.3) is 10.9 Å². The number of nitrogens with one attached hydrogen (secondary N) is 2.